The van der Waals surface area contributed by atoms with Crippen molar-refractivity contribution < 1.29 is 87.3 Å². The Kier molecular flexibility index (Phi) is 17.9. The van der Waals surface area contributed by atoms with Crippen LogP contribution in [0.3, 0.4) is 0 Å². The van der Waals surface area contributed by atoms with E-state index in [0.717, 1.165) is 28.3 Å². The summed E-state index contributed by atoms with van der Waals surface area (Å²) in [6, 6.07) is 9.08. The SMILES string of the molecule is CCN1/C(=C/C=C/C=C/C2=[N+](CCCCCC(=O)NCC#Cc3cn([C@H]4CC(O)[C@@H](COP(=O)(O)OP(=O)(O)CP(=O)(O)O)O4)c4ncnc(N)c34)c3ccc(S(=O)(=O)O)cc3C2(C)C)C(C)(C)c2cc(S(=O)(=O)O)ccc21. The van der Waals surface area contributed by atoms with E-state index in [4.69, 9.17) is 24.8 Å². The van der Waals surface area contributed by atoms with Crippen molar-refractivity contribution in [1.29, 1.82) is 0 Å². The van der Waals surface area contributed by atoms with Gasteiger partial charge in [-0.1, -0.05) is 43.9 Å². The summed E-state index contributed by atoms with van der Waals surface area (Å²) < 4.78 is 122. The minimum Gasteiger partial charge on any atom is -0.390 e. The Bertz CT molecular complexity index is 3600. The van der Waals surface area contributed by atoms with E-state index in [1.807, 2.05) is 65.0 Å². The molecule has 3 aliphatic rings. The highest BCUT2D eigenvalue weighted by Crippen LogP contribution is 2.65. The van der Waals surface area contributed by atoms with Crippen LogP contribution < -0.4 is 16.0 Å². The molecule has 422 valence electrons. The number of hydrogen-bond acceptors (Lipinski definition) is 16. The number of carbonyl (C=O) groups is 1. The van der Waals surface area contributed by atoms with Crippen LogP contribution in [0.5, 0.6) is 0 Å². The fourth-order valence-electron chi connectivity index (χ4n) is 9.74. The van der Waals surface area contributed by atoms with Crippen LogP contribution in [0.2, 0.25) is 0 Å². The van der Waals surface area contributed by atoms with Gasteiger partial charge in [0.05, 0.1) is 45.4 Å². The molecule has 3 aliphatic heterocycles. The number of likely N-dealkylation sites (N-methyl/N-ethyl adjacent to an activating group) is 1. The average molecular weight is 1180 g/mol. The highest BCUT2D eigenvalue weighted by Gasteiger charge is 2.46. The number of benzene rings is 2. The van der Waals surface area contributed by atoms with Crippen LogP contribution in [-0.4, -0.2) is 126 Å². The molecule has 4 aromatic rings. The van der Waals surface area contributed by atoms with Crippen molar-refractivity contribution in [3.05, 3.63) is 102 Å². The maximum atomic E-state index is 13.0. The number of unbranched alkanes of at least 4 members (excludes halogenated alkanes) is 2. The summed E-state index contributed by atoms with van der Waals surface area (Å²) >= 11 is 0. The maximum absolute atomic E-state index is 13.0. The lowest BCUT2D eigenvalue weighted by Gasteiger charge is -2.25. The van der Waals surface area contributed by atoms with Crippen molar-refractivity contribution in [1.82, 2.24) is 19.9 Å². The average Bonchev–Trinajstić information content (AvgIpc) is 4.05. The fraction of sp³-hybridized carbons (Fsp3) is 0.417. The van der Waals surface area contributed by atoms with Gasteiger partial charge in [-0.2, -0.15) is 21.4 Å². The van der Waals surface area contributed by atoms with Crippen molar-refractivity contribution in [3.8, 4) is 11.8 Å². The number of carbonyl (C=O) groups excluding carboxylic acids is 1. The van der Waals surface area contributed by atoms with Crippen molar-refractivity contribution in [2.45, 2.75) is 106 Å². The predicted molar refractivity (Wildman–Crippen MR) is 286 cm³/mol. The van der Waals surface area contributed by atoms with Crippen molar-refractivity contribution >= 4 is 83.1 Å². The zero-order valence-electron chi connectivity index (χ0n) is 42.9. The first-order chi connectivity index (χ1) is 36.2. The smallest absolute Gasteiger partial charge is 0.390 e. The van der Waals surface area contributed by atoms with Crippen LogP contribution in [-0.2, 0) is 63.1 Å². The normalized spacial score (nSPS) is 21.3. The molecule has 2 aromatic carbocycles. The van der Waals surface area contributed by atoms with Crippen molar-refractivity contribution in [3.63, 3.8) is 0 Å². The second kappa shape index (κ2) is 23.1. The number of phosphoric acid groups is 1. The van der Waals surface area contributed by atoms with Crippen LogP contribution >= 0.6 is 23.0 Å². The molecule has 5 heterocycles. The fourth-order valence-corrected chi connectivity index (χ4v) is 15.1. The second-order valence-corrected chi connectivity index (χ2v) is 28.1. The van der Waals surface area contributed by atoms with E-state index in [2.05, 4.69) is 40.9 Å². The summed E-state index contributed by atoms with van der Waals surface area (Å²) in [6.07, 6.45) is 10.6. The Labute approximate surface area is 450 Å². The standard InChI is InChI=1S/C48H60N7O18P3S2/c1-6-53-36-20-18-32(77(65,66)67)24-34(36)47(2,3)40(53)15-9-7-10-16-41-48(4,5)35-25-33(78(68,69)70)19-21-37(35)54(41)23-12-8-11-17-42(57)50-22-13-14-31-27-55(46-44(31)45(49)51-29-52-46)43-26-38(56)39(72-43)28-71-76(63,64)73-75(61,62)30-74(58,59)60/h7,9-10,15-16,18-21,24-25,27,29,38-39,43,56H,6,8,11-12,17,22-23,26,28,30H2,1-5H3,(H8-,49,50,51,52,57,58,59,60,61,62,63,64,65,66,67,68,69,70)/p+1/t38?,39-,43-/m1/s1. The van der Waals surface area contributed by atoms with Gasteiger partial charge in [0, 0.05) is 66.5 Å². The zero-order chi connectivity index (χ0) is 57.4. The number of nitrogen functional groups attached to an aromatic ring is 1. The molecule has 25 nitrogen and oxygen atoms in total. The Balaban J connectivity index is 0.966. The number of anilines is 2. The first kappa shape index (κ1) is 60.4. The highest BCUT2D eigenvalue weighted by atomic mass is 32.2. The number of aliphatic hydroxyl groups excluding tert-OH is 1. The maximum Gasteiger partial charge on any atom is 0.479 e. The second-order valence-electron chi connectivity index (χ2n) is 19.7. The number of nitrogens with one attached hydrogen (secondary N) is 1. The summed E-state index contributed by atoms with van der Waals surface area (Å²) in [5.41, 5.74) is 10.4. The summed E-state index contributed by atoms with van der Waals surface area (Å²) in [7, 11) is -24.7. The van der Waals surface area contributed by atoms with E-state index in [1.165, 1.54) is 41.4 Å². The predicted octanol–water partition coefficient (Wildman–Crippen LogP) is 5.53. The van der Waals surface area contributed by atoms with Gasteiger partial charge in [-0.25, -0.2) is 18.8 Å². The number of allylic oxidation sites excluding steroid dienone is 6. The number of fused-ring (bicyclic) bond motifs is 3. The van der Waals surface area contributed by atoms with Crippen LogP contribution in [0.25, 0.3) is 11.0 Å². The number of nitrogens with zero attached hydrogens (tertiary/aromatic N) is 5. The molecule has 0 spiro atoms. The molecule has 0 saturated carbocycles. The quantitative estimate of drug-likeness (QED) is 0.0124. The van der Waals surface area contributed by atoms with E-state index in [-0.39, 0.29) is 46.5 Å². The number of hydrogen-bond donors (Lipinski definition) is 9. The number of rotatable bonds is 21. The van der Waals surface area contributed by atoms with Gasteiger partial charge in [-0.3, -0.25) is 27.6 Å². The third-order valence-corrected chi connectivity index (χ3v) is 20.3. The third-order valence-electron chi connectivity index (χ3n) is 13.4. The van der Waals surface area contributed by atoms with E-state index in [9.17, 15) is 59.3 Å². The van der Waals surface area contributed by atoms with Crippen molar-refractivity contribution in [2.24, 2.45) is 0 Å². The molecule has 7 rings (SSSR count). The first-order valence-corrected chi connectivity index (χ1v) is 32.1. The minimum atomic E-state index is -5.37. The summed E-state index contributed by atoms with van der Waals surface area (Å²) in [5, 5.41) is 13.8. The molecule has 78 heavy (non-hydrogen) atoms. The minimum absolute atomic E-state index is 0.0447. The number of nitrogens with two attached hydrogens (primary N) is 1. The zero-order valence-corrected chi connectivity index (χ0v) is 47.2. The topological polar surface area (TPSA) is 381 Å². The van der Waals surface area contributed by atoms with E-state index in [1.54, 1.807) is 12.1 Å². The molecule has 1 saturated heterocycles. The monoisotopic (exact) mass is 1180 g/mol. The molecule has 3 unspecified atom stereocenters. The Morgan fingerprint density at radius 1 is 0.949 bits per heavy atom. The van der Waals surface area contributed by atoms with Gasteiger partial charge >= 0.3 is 23.0 Å². The largest absolute Gasteiger partial charge is 0.479 e. The molecule has 1 amide bonds. The molecule has 0 radical (unpaired) electrons. The Hall–Kier alpha value is -5.23. The van der Waals surface area contributed by atoms with E-state index < -0.39 is 85.0 Å². The molecule has 0 bridgehead atoms. The van der Waals surface area contributed by atoms with Crippen LogP contribution in [0, 0.1) is 11.8 Å². The number of aromatic nitrogens is 3. The third kappa shape index (κ3) is 13.8. The van der Waals surface area contributed by atoms with Gasteiger partial charge in [0.25, 0.3) is 20.2 Å². The van der Waals surface area contributed by atoms with Crippen LogP contribution in [0.4, 0.5) is 17.2 Å². The highest BCUT2D eigenvalue weighted by molar-refractivity contribution is 7.86. The Morgan fingerprint density at radius 2 is 1.63 bits per heavy atom. The van der Waals surface area contributed by atoms with E-state index >= 15 is 0 Å². The number of aliphatic hydroxyl groups is 1. The van der Waals surface area contributed by atoms with Gasteiger partial charge in [0.15, 0.2) is 11.6 Å². The molecule has 10 N–H and O–H groups in total. The molecule has 1 fully saturated rings. The lowest BCUT2D eigenvalue weighted by atomic mass is 9.81. The summed E-state index contributed by atoms with van der Waals surface area (Å²) in [5.74, 6) is 3.91. The molecule has 0 aliphatic carbocycles. The number of ether oxygens (including phenoxy) is 1. The lowest BCUT2D eigenvalue weighted by molar-refractivity contribution is -0.438. The summed E-state index contributed by atoms with van der Waals surface area (Å²) in [6.45, 7) is 10.1. The van der Waals surface area contributed by atoms with Gasteiger partial charge in [0.1, 0.15) is 36.7 Å². The Morgan fingerprint density at radius 3 is 2.29 bits per heavy atom. The van der Waals surface area contributed by atoms with Crippen LogP contribution in [0.15, 0.2) is 94.8 Å². The molecular formula is C48H61N7O18P3S2+. The van der Waals surface area contributed by atoms with E-state index in [0.29, 0.717) is 48.9 Å². The van der Waals surface area contributed by atoms with Gasteiger partial charge in [0.2, 0.25) is 11.6 Å². The lowest BCUT2D eigenvalue weighted by Crippen LogP contribution is -2.28. The van der Waals surface area contributed by atoms with Gasteiger partial charge in [-0.15, -0.1) is 0 Å². The number of amides is 1. The van der Waals surface area contributed by atoms with Gasteiger partial charge in [-0.05, 0) is 75.6 Å². The van der Waals surface area contributed by atoms with Crippen LogP contribution in [0.1, 0.15) is 89.6 Å². The molecule has 2 aromatic heterocycles. The first-order valence-electron chi connectivity index (χ1n) is 24.2. The summed E-state index contributed by atoms with van der Waals surface area (Å²) in [4.78, 5) is 60.5. The van der Waals surface area contributed by atoms with Crippen molar-refractivity contribution in [2.75, 3.05) is 42.8 Å². The molecule has 5 atom stereocenters. The van der Waals surface area contributed by atoms with Gasteiger partial charge < -0.3 is 49.9 Å². The molecule has 30 heteroatoms. The molecular weight excluding hydrogens is 1120 g/mol. The number of phosphoric ester groups is 1.